The number of carbonyl (C=O) groups excluding carboxylic acids is 1. The van der Waals surface area contributed by atoms with Crippen molar-refractivity contribution in [2.45, 2.75) is 39.9 Å². The zero-order chi connectivity index (χ0) is 31.2. The summed E-state index contributed by atoms with van der Waals surface area (Å²) in [6, 6.07) is 11.2. The van der Waals surface area contributed by atoms with Crippen LogP contribution < -0.4 is 19.1 Å². The molecule has 2 aromatic carbocycles. The van der Waals surface area contributed by atoms with Crippen LogP contribution >= 0.6 is 38.6 Å². The van der Waals surface area contributed by atoms with Gasteiger partial charge in [0.15, 0.2) is 10.9 Å². The zero-order valence-electron chi connectivity index (χ0n) is 24.7. The lowest BCUT2D eigenvalue weighted by atomic mass is 10.2. The molecule has 0 radical (unpaired) electrons. The fourth-order valence-corrected chi connectivity index (χ4v) is 6.39. The summed E-state index contributed by atoms with van der Waals surface area (Å²) in [6.45, 7) is 7.57. The summed E-state index contributed by atoms with van der Waals surface area (Å²) >= 11 is 6.16. The number of anilines is 2. The number of ether oxygens (including phenoxy) is 4. The maximum Gasteiger partial charge on any atom is 0.421 e. The Balaban J connectivity index is 1.28. The lowest BCUT2D eigenvalue weighted by Gasteiger charge is -2.26. The van der Waals surface area contributed by atoms with Crippen LogP contribution in [0.15, 0.2) is 56.9 Å². The molecule has 11 nitrogen and oxygen atoms in total. The lowest BCUT2D eigenvalue weighted by Crippen LogP contribution is -2.34. The number of benzene rings is 2. The Morgan fingerprint density at radius 2 is 1.93 bits per heavy atom. The molecule has 0 fully saturated rings. The van der Waals surface area contributed by atoms with Crippen molar-refractivity contribution in [3.63, 3.8) is 0 Å². The predicted octanol–water partition coefficient (Wildman–Crippen LogP) is 8.40. The van der Waals surface area contributed by atoms with Gasteiger partial charge < -0.3 is 23.4 Å². The first-order valence-electron chi connectivity index (χ1n) is 13.4. The molecule has 0 aliphatic carbocycles. The minimum atomic E-state index is -0.682. The van der Waals surface area contributed by atoms with E-state index in [1.54, 1.807) is 37.1 Å². The summed E-state index contributed by atoms with van der Waals surface area (Å²) in [5.41, 5.74) is 2.73. The summed E-state index contributed by atoms with van der Waals surface area (Å²) in [6.07, 6.45) is 1.27. The van der Waals surface area contributed by atoms with Gasteiger partial charge in [-0.25, -0.2) is 24.2 Å². The molecule has 228 valence electrons. The molecule has 0 bridgehead atoms. The van der Waals surface area contributed by atoms with Gasteiger partial charge in [0, 0.05) is 22.0 Å². The number of halogens is 1. The summed E-state index contributed by atoms with van der Waals surface area (Å²) in [7, 11) is 3.15. The third-order valence-corrected chi connectivity index (χ3v) is 8.59. The molecule has 4 aromatic heterocycles. The van der Waals surface area contributed by atoms with Crippen LogP contribution in [0.5, 0.6) is 16.7 Å². The third-order valence-electron chi connectivity index (χ3n) is 6.34. The Hall–Kier alpha value is -4.14. The molecule has 0 saturated carbocycles. The van der Waals surface area contributed by atoms with Gasteiger partial charge in [-0.05, 0) is 68.9 Å². The van der Waals surface area contributed by atoms with E-state index in [1.165, 1.54) is 27.6 Å². The number of imidazole rings is 1. The molecule has 6 aromatic rings. The van der Waals surface area contributed by atoms with E-state index in [0.717, 1.165) is 15.4 Å². The summed E-state index contributed by atoms with van der Waals surface area (Å²) in [5.74, 6) is 1.69. The van der Waals surface area contributed by atoms with Crippen molar-refractivity contribution in [3.05, 3.63) is 63.7 Å². The second-order valence-electron chi connectivity index (χ2n) is 10.7. The second-order valence-corrected chi connectivity index (χ2v) is 13.4. The average Bonchev–Trinajstić information content (AvgIpc) is 3.74. The van der Waals surface area contributed by atoms with Crippen molar-refractivity contribution < 1.29 is 28.2 Å². The second kappa shape index (κ2) is 11.7. The molecule has 0 spiro atoms. The molecular formula is C30H28BrN5O6S2. The van der Waals surface area contributed by atoms with Crippen molar-refractivity contribution >= 4 is 71.4 Å². The summed E-state index contributed by atoms with van der Waals surface area (Å²) in [5, 5.41) is 7.93. The number of rotatable bonds is 8. The van der Waals surface area contributed by atoms with Gasteiger partial charge in [-0.2, -0.15) is 0 Å². The normalized spacial score (nSPS) is 11.7. The van der Waals surface area contributed by atoms with Crippen molar-refractivity contribution in [1.29, 1.82) is 0 Å². The number of amides is 1. The molecule has 0 saturated heterocycles. The van der Waals surface area contributed by atoms with Gasteiger partial charge in [0.2, 0.25) is 4.96 Å². The first-order valence-corrected chi connectivity index (χ1v) is 15.9. The van der Waals surface area contributed by atoms with Crippen molar-refractivity contribution in [2.24, 2.45) is 0 Å². The molecule has 44 heavy (non-hydrogen) atoms. The van der Waals surface area contributed by atoms with Crippen LogP contribution in [-0.2, 0) is 11.3 Å². The fraction of sp³-hybridized carbons (Fsp3) is 0.267. The highest BCUT2D eigenvalue weighted by Gasteiger charge is 2.28. The highest BCUT2D eigenvalue weighted by atomic mass is 79.9. The summed E-state index contributed by atoms with van der Waals surface area (Å²) < 4.78 is 31.4. The van der Waals surface area contributed by atoms with Gasteiger partial charge in [0.05, 0.1) is 37.2 Å². The van der Waals surface area contributed by atoms with E-state index in [0.29, 0.717) is 55.2 Å². The molecule has 0 N–H and O–H groups in total. The molecule has 14 heteroatoms. The number of methoxy groups -OCH3 is 2. The van der Waals surface area contributed by atoms with E-state index in [-0.39, 0.29) is 6.61 Å². The topological polar surface area (TPSA) is 113 Å². The van der Waals surface area contributed by atoms with Crippen LogP contribution in [0.3, 0.4) is 0 Å². The standard InChI is InChI=1S/C30H28BrN5O6S2/c1-16-9-17(31)7-8-22(16)36(29(37)42-30(2,3)4)27-32-18(15-43-27)14-40-23-10-19(38-5)11-24-20(23)12-25(41-24)21-13-35-26(33-21)44-28(34-35)39-6/h7-13,15H,14H2,1-6H3. The number of aryl methyl sites for hydroxylation is 1. The van der Waals surface area contributed by atoms with Gasteiger partial charge in [0.1, 0.15) is 35.0 Å². The quantitative estimate of drug-likeness (QED) is 0.155. The molecule has 0 unspecified atom stereocenters. The number of carbonyl (C=O) groups is 1. The molecule has 0 aliphatic rings. The van der Waals surface area contributed by atoms with Gasteiger partial charge in [-0.3, -0.25) is 0 Å². The number of hydrogen-bond donors (Lipinski definition) is 0. The number of furan rings is 1. The minimum absolute atomic E-state index is 0.144. The van der Waals surface area contributed by atoms with Crippen molar-refractivity contribution in [2.75, 3.05) is 19.1 Å². The average molecular weight is 699 g/mol. The first kappa shape index (κ1) is 29.9. The number of thiazole rings is 1. The van der Waals surface area contributed by atoms with E-state index in [1.807, 2.05) is 57.3 Å². The van der Waals surface area contributed by atoms with Crippen LogP contribution in [0, 0.1) is 6.92 Å². The van der Waals surface area contributed by atoms with Crippen LogP contribution in [0.2, 0.25) is 0 Å². The Labute approximate surface area is 269 Å². The molecule has 0 aliphatic heterocycles. The SMILES string of the molecule is COc1cc(OCc2csc(N(C(=O)OC(C)(C)C)c3ccc(Br)cc3C)n2)c2cc(-c3cn4nc(OC)sc4n3)oc2c1. The van der Waals surface area contributed by atoms with Crippen LogP contribution in [-0.4, -0.2) is 45.5 Å². The molecule has 4 heterocycles. The molecular weight excluding hydrogens is 670 g/mol. The van der Waals surface area contributed by atoms with Gasteiger partial charge in [0.25, 0.3) is 5.19 Å². The Morgan fingerprint density at radius 3 is 2.64 bits per heavy atom. The zero-order valence-corrected chi connectivity index (χ0v) is 27.9. The maximum absolute atomic E-state index is 13.4. The van der Waals surface area contributed by atoms with Crippen LogP contribution in [0.4, 0.5) is 15.6 Å². The lowest BCUT2D eigenvalue weighted by molar-refractivity contribution is 0.0598. The van der Waals surface area contributed by atoms with Crippen LogP contribution in [0.25, 0.3) is 27.4 Å². The maximum atomic E-state index is 13.4. The smallest absolute Gasteiger partial charge is 0.421 e. The van der Waals surface area contributed by atoms with Gasteiger partial charge >= 0.3 is 6.09 Å². The van der Waals surface area contributed by atoms with Crippen LogP contribution in [0.1, 0.15) is 32.0 Å². The van der Waals surface area contributed by atoms with E-state index in [2.05, 4.69) is 26.0 Å². The Morgan fingerprint density at radius 1 is 1.11 bits per heavy atom. The van der Waals surface area contributed by atoms with Crippen molar-refractivity contribution in [1.82, 2.24) is 19.6 Å². The molecule has 0 atom stereocenters. The highest BCUT2D eigenvalue weighted by Crippen LogP contribution is 2.38. The van der Waals surface area contributed by atoms with E-state index < -0.39 is 11.7 Å². The number of aromatic nitrogens is 4. The Bertz CT molecular complexity index is 1960. The van der Waals surface area contributed by atoms with Gasteiger partial charge in [-0.15, -0.1) is 16.4 Å². The monoisotopic (exact) mass is 697 g/mol. The molecule has 1 amide bonds. The Kier molecular flexibility index (Phi) is 7.99. The number of hydrogen-bond acceptors (Lipinski definition) is 11. The largest absolute Gasteiger partial charge is 0.496 e. The summed E-state index contributed by atoms with van der Waals surface area (Å²) in [4.78, 5) is 24.9. The third kappa shape index (κ3) is 6.10. The van der Waals surface area contributed by atoms with Gasteiger partial charge in [-0.1, -0.05) is 15.9 Å². The highest BCUT2D eigenvalue weighted by molar-refractivity contribution is 9.10. The van der Waals surface area contributed by atoms with E-state index in [9.17, 15) is 4.79 Å². The van der Waals surface area contributed by atoms with E-state index in [4.69, 9.17) is 28.3 Å². The first-order chi connectivity index (χ1) is 21.0. The van der Waals surface area contributed by atoms with Crippen molar-refractivity contribution in [3.8, 4) is 28.1 Å². The minimum Gasteiger partial charge on any atom is -0.496 e. The number of fused-ring (bicyclic) bond motifs is 2. The number of nitrogens with zero attached hydrogens (tertiary/aromatic N) is 5. The predicted molar refractivity (Wildman–Crippen MR) is 173 cm³/mol. The fourth-order valence-electron chi connectivity index (χ4n) is 4.40. The van der Waals surface area contributed by atoms with E-state index >= 15 is 0 Å². The molecule has 6 rings (SSSR count).